The van der Waals surface area contributed by atoms with Crippen molar-refractivity contribution in [3.8, 4) is 17.2 Å². The van der Waals surface area contributed by atoms with Crippen molar-refractivity contribution >= 4 is 22.3 Å². The molecule has 0 spiro atoms. The molecule has 7 heteroatoms. The lowest BCUT2D eigenvalue weighted by atomic mass is 10.1. The highest BCUT2D eigenvalue weighted by molar-refractivity contribution is 5.91. The zero-order chi connectivity index (χ0) is 18.1. The molecule has 6 nitrogen and oxygen atoms in total. The van der Waals surface area contributed by atoms with E-state index >= 15 is 0 Å². The van der Waals surface area contributed by atoms with Crippen LogP contribution in [0.25, 0.3) is 15.7 Å². The van der Waals surface area contributed by atoms with Gasteiger partial charge in [0.05, 0.1) is 24.4 Å². The van der Waals surface area contributed by atoms with E-state index in [-0.39, 0.29) is 11.8 Å². The Bertz CT molecular complexity index is 1030. The minimum Gasteiger partial charge on any atom is -0.502 e. The van der Waals surface area contributed by atoms with Gasteiger partial charge in [-0.2, -0.15) is 0 Å². The van der Waals surface area contributed by atoms with E-state index in [0.29, 0.717) is 47.1 Å². The summed E-state index contributed by atoms with van der Waals surface area (Å²) < 4.78 is 30.2. The zero-order valence-corrected chi connectivity index (χ0v) is 13.6. The molecule has 26 heavy (non-hydrogen) atoms. The molecule has 2 heterocycles. The summed E-state index contributed by atoms with van der Waals surface area (Å²) in [5, 5.41) is 0.630. The Kier molecular flexibility index (Phi) is 4.03. The van der Waals surface area contributed by atoms with E-state index in [1.165, 1.54) is 12.1 Å². The molecular formula is C19H14FN3O3. The van der Waals surface area contributed by atoms with Crippen molar-refractivity contribution in [3.05, 3.63) is 59.8 Å². The second-order valence-corrected chi connectivity index (χ2v) is 5.81. The normalized spacial score (nSPS) is 15.5. The third-order valence-electron chi connectivity index (χ3n) is 3.93. The van der Waals surface area contributed by atoms with Gasteiger partial charge in [-0.3, -0.25) is 4.98 Å². The predicted octanol–water partition coefficient (Wildman–Crippen LogP) is 4.08. The van der Waals surface area contributed by atoms with Crippen LogP contribution in [-0.4, -0.2) is 24.3 Å². The number of rotatable bonds is 5. The molecule has 0 amide bonds. The van der Waals surface area contributed by atoms with Gasteiger partial charge in [-0.1, -0.05) is 0 Å². The summed E-state index contributed by atoms with van der Waals surface area (Å²) in [4.78, 5) is 7.82. The molecule has 130 valence electrons. The number of halogens is 1. The Morgan fingerprint density at radius 2 is 2.12 bits per heavy atom. The van der Waals surface area contributed by atoms with E-state index < -0.39 is 5.82 Å². The summed E-state index contributed by atoms with van der Waals surface area (Å²) in [6.45, 7) is 8.47. The van der Waals surface area contributed by atoms with Crippen molar-refractivity contribution in [1.29, 1.82) is 0 Å². The summed E-state index contributed by atoms with van der Waals surface area (Å²) in [5.74, 6) is 0.660. The lowest BCUT2D eigenvalue weighted by molar-refractivity contribution is 0.264. The number of fused-ring (bicyclic) bond motifs is 1. The fraction of sp³-hybridized carbons (Fsp3) is 0.158. The zero-order valence-electron chi connectivity index (χ0n) is 13.6. The molecule has 1 unspecified atom stereocenters. The average Bonchev–Trinajstić information content (AvgIpc) is 3.47. The third kappa shape index (κ3) is 3.23. The maximum absolute atomic E-state index is 13.6. The summed E-state index contributed by atoms with van der Waals surface area (Å²) in [7, 11) is 0. The van der Waals surface area contributed by atoms with Gasteiger partial charge in [-0.15, -0.1) is 0 Å². The van der Waals surface area contributed by atoms with Crippen LogP contribution in [0.15, 0.2) is 42.6 Å². The van der Waals surface area contributed by atoms with E-state index in [2.05, 4.69) is 9.83 Å². The van der Waals surface area contributed by atoms with Crippen molar-refractivity contribution in [2.75, 3.05) is 18.9 Å². The first-order valence-corrected chi connectivity index (χ1v) is 7.91. The van der Waals surface area contributed by atoms with Gasteiger partial charge in [0, 0.05) is 17.6 Å². The van der Waals surface area contributed by atoms with Crippen LogP contribution in [0.4, 0.5) is 15.8 Å². The Morgan fingerprint density at radius 3 is 2.85 bits per heavy atom. The van der Waals surface area contributed by atoms with Crippen LogP contribution in [0.2, 0.25) is 0 Å². The van der Waals surface area contributed by atoms with Crippen LogP contribution in [0.1, 0.15) is 0 Å². The standard InChI is InChI=1S/C19H14FN3O3/c1-22-17-7-13-16(8-19(17)25-10-12-9-24-12)23-5-4-18(13)26-11-2-3-15(21)14(20)6-11/h2-8,12H,9-10,21H2. The van der Waals surface area contributed by atoms with Crippen molar-refractivity contribution in [2.45, 2.75) is 6.10 Å². The predicted molar refractivity (Wildman–Crippen MR) is 94.1 cm³/mol. The van der Waals surface area contributed by atoms with Crippen LogP contribution in [-0.2, 0) is 4.74 Å². The number of pyridine rings is 1. The average molecular weight is 351 g/mol. The molecule has 0 radical (unpaired) electrons. The highest BCUT2D eigenvalue weighted by Crippen LogP contribution is 2.37. The van der Waals surface area contributed by atoms with Crippen LogP contribution in [0, 0.1) is 12.4 Å². The highest BCUT2D eigenvalue weighted by atomic mass is 19.1. The first kappa shape index (κ1) is 16.1. The van der Waals surface area contributed by atoms with Crippen LogP contribution in [0.5, 0.6) is 17.2 Å². The van der Waals surface area contributed by atoms with Crippen molar-refractivity contribution in [3.63, 3.8) is 0 Å². The number of hydrogen-bond donors (Lipinski definition) is 1. The molecule has 1 aromatic heterocycles. The fourth-order valence-corrected chi connectivity index (χ4v) is 2.47. The number of nitrogens with zero attached hydrogens (tertiary/aromatic N) is 2. The van der Waals surface area contributed by atoms with E-state index in [4.69, 9.17) is 26.5 Å². The first-order valence-electron chi connectivity index (χ1n) is 7.91. The van der Waals surface area contributed by atoms with Gasteiger partial charge < -0.3 is 19.9 Å². The molecule has 4 rings (SSSR count). The van der Waals surface area contributed by atoms with Crippen molar-refractivity contribution in [2.24, 2.45) is 0 Å². The van der Waals surface area contributed by atoms with Gasteiger partial charge in [0.25, 0.3) is 0 Å². The smallest absolute Gasteiger partial charge is 0.229 e. The van der Waals surface area contributed by atoms with E-state index in [1.807, 2.05) is 0 Å². The van der Waals surface area contributed by atoms with Gasteiger partial charge in [0.15, 0.2) is 0 Å². The molecule has 1 aliphatic heterocycles. The summed E-state index contributed by atoms with van der Waals surface area (Å²) in [6, 6.07) is 9.23. The molecule has 1 aliphatic rings. The van der Waals surface area contributed by atoms with E-state index in [0.717, 1.165) is 0 Å². The number of anilines is 1. The van der Waals surface area contributed by atoms with Crippen molar-refractivity contribution < 1.29 is 18.6 Å². The Labute approximate surface area is 148 Å². The maximum Gasteiger partial charge on any atom is 0.229 e. The van der Waals surface area contributed by atoms with Gasteiger partial charge in [-0.25, -0.2) is 9.24 Å². The Morgan fingerprint density at radius 1 is 1.27 bits per heavy atom. The highest BCUT2D eigenvalue weighted by Gasteiger charge is 2.24. The summed E-state index contributed by atoms with van der Waals surface area (Å²) >= 11 is 0. The van der Waals surface area contributed by atoms with Gasteiger partial charge in [0.1, 0.15) is 35.8 Å². The monoisotopic (exact) mass is 351 g/mol. The number of nitrogens with two attached hydrogens (primary N) is 1. The quantitative estimate of drug-likeness (QED) is 0.426. The van der Waals surface area contributed by atoms with E-state index in [1.54, 1.807) is 30.5 Å². The van der Waals surface area contributed by atoms with Gasteiger partial charge >= 0.3 is 0 Å². The fourth-order valence-electron chi connectivity index (χ4n) is 2.47. The molecular weight excluding hydrogens is 337 g/mol. The Balaban J connectivity index is 1.70. The minimum absolute atomic E-state index is 0.0497. The Hall–Kier alpha value is -3.37. The van der Waals surface area contributed by atoms with Gasteiger partial charge in [0.2, 0.25) is 5.69 Å². The summed E-state index contributed by atoms with van der Waals surface area (Å²) in [6.07, 6.45) is 1.67. The molecule has 2 N–H and O–H groups in total. The number of hydrogen-bond acceptors (Lipinski definition) is 5. The minimum atomic E-state index is -0.555. The molecule has 0 aliphatic carbocycles. The molecule has 1 fully saturated rings. The topological polar surface area (TPSA) is 74.3 Å². The van der Waals surface area contributed by atoms with Crippen LogP contribution < -0.4 is 15.2 Å². The number of ether oxygens (including phenoxy) is 3. The second-order valence-electron chi connectivity index (χ2n) is 5.81. The first-order chi connectivity index (χ1) is 12.6. The molecule has 3 aromatic rings. The van der Waals surface area contributed by atoms with Crippen molar-refractivity contribution in [1.82, 2.24) is 4.98 Å². The van der Waals surface area contributed by atoms with Crippen LogP contribution in [0.3, 0.4) is 0 Å². The second kappa shape index (κ2) is 6.50. The number of nitrogen functional groups attached to an aromatic ring is 1. The molecule has 0 bridgehead atoms. The SMILES string of the molecule is [C-]#[N+]c1cc2c(Oc3ccc(N)c(F)c3)ccnc2cc1OCC1CO1. The van der Waals surface area contributed by atoms with Gasteiger partial charge in [-0.05, 0) is 30.3 Å². The largest absolute Gasteiger partial charge is 0.502 e. The molecule has 1 saturated heterocycles. The van der Waals surface area contributed by atoms with E-state index in [9.17, 15) is 4.39 Å². The lowest BCUT2D eigenvalue weighted by Gasteiger charge is -2.12. The maximum atomic E-state index is 13.6. The lowest BCUT2D eigenvalue weighted by Crippen LogP contribution is -2.04. The number of aromatic nitrogens is 1. The molecule has 1 atom stereocenters. The third-order valence-corrected chi connectivity index (χ3v) is 3.93. The molecule has 0 saturated carbocycles. The molecule has 2 aromatic carbocycles. The van der Waals surface area contributed by atoms with Crippen LogP contribution >= 0.6 is 0 Å². The number of benzene rings is 2. The summed E-state index contributed by atoms with van der Waals surface area (Å²) in [5.41, 5.74) is 6.49. The number of epoxide rings is 1.